The van der Waals surface area contributed by atoms with Crippen molar-refractivity contribution >= 4 is 22.9 Å². The van der Waals surface area contributed by atoms with E-state index in [4.69, 9.17) is 0 Å². The number of anilines is 1. The SMILES string of the molecule is Cc1sc(=O)n(CC(=O)N2CCCC2c2cccc(N(C)C)c2)c1C. The minimum Gasteiger partial charge on any atom is -0.378 e. The quantitative estimate of drug-likeness (QED) is 0.843. The van der Waals surface area contributed by atoms with Crippen LogP contribution in [0, 0.1) is 13.8 Å². The van der Waals surface area contributed by atoms with Gasteiger partial charge in [-0.2, -0.15) is 0 Å². The third-order valence-corrected chi connectivity index (χ3v) is 6.01. The highest BCUT2D eigenvalue weighted by molar-refractivity contribution is 7.09. The summed E-state index contributed by atoms with van der Waals surface area (Å²) in [5.74, 6) is 0.0285. The number of thiazole rings is 1. The van der Waals surface area contributed by atoms with Crippen LogP contribution in [0.25, 0.3) is 0 Å². The van der Waals surface area contributed by atoms with Crippen LogP contribution in [0.3, 0.4) is 0 Å². The van der Waals surface area contributed by atoms with E-state index in [0.717, 1.165) is 35.6 Å². The number of hydrogen-bond donors (Lipinski definition) is 0. The molecule has 1 aliphatic heterocycles. The molecule has 2 heterocycles. The predicted molar refractivity (Wildman–Crippen MR) is 103 cm³/mol. The van der Waals surface area contributed by atoms with Crippen molar-refractivity contribution in [3.05, 3.63) is 50.1 Å². The Morgan fingerprint density at radius 1 is 1.32 bits per heavy atom. The van der Waals surface area contributed by atoms with Crippen molar-refractivity contribution in [1.29, 1.82) is 0 Å². The smallest absolute Gasteiger partial charge is 0.308 e. The van der Waals surface area contributed by atoms with Crippen molar-refractivity contribution in [2.45, 2.75) is 39.3 Å². The molecule has 1 aliphatic rings. The lowest BCUT2D eigenvalue weighted by atomic mass is 10.0. The summed E-state index contributed by atoms with van der Waals surface area (Å²) in [5.41, 5.74) is 3.20. The highest BCUT2D eigenvalue weighted by atomic mass is 32.1. The van der Waals surface area contributed by atoms with Crippen LogP contribution < -0.4 is 9.77 Å². The van der Waals surface area contributed by atoms with Gasteiger partial charge in [-0.05, 0) is 44.4 Å². The molecule has 1 unspecified atom stereocenters. The molecule has 0 radical (unpaired) electrons. The summed E-state index contributed by atoms with van der Waals surface area (Å²) in [6, 6.07) is 8.46. The summed E-state index contributed by atoms with van der Waals surface area (Å²) in [5, 5.41) is 0. The van der Waals surface area contributed by atoms with E-state index in [1.54, 1.807) is 4.57 Å². The zero-order chi connectivity index (χ0) is 18.1. The molecule has 5 nitrogen and oxygen atoms in total. The van der Waals surface area contributed by atoms with Gasteiger partial charge in [0.1, 0.15) is 6.54 Å². The Hall–Kier alpha value is -2.08. The van der Waals surface area contributed by atoms with Crippen LogP contribution in [0.5, 0.6) is 0 Å². The third-order valence-electron chi connectivity index (χ3n) is 5.01. The summed E-state index contributed by atoms with van der Waals surface area (Å²) in [4.78, 5) is 29.9. The van der Waals surface area contributed by atoms with Crippen LogP contribution in [0.15, 0.2) is 29.1 Å². The minimum absolute atomic E-state index is 0.0285. The second kappa shape index (κ2) is 7.04. The Balaban J connectivity index is 1.83. The molecule has 1 fully saturated rings. The Bertz CT molecular complexity index is 837. The monoisotopic (exact) mass is 359 g/mol. The Kier molecular flexibility index (Phi) is 4.99. The number of nitrogens with zero attached hydrogens (tertiary/aromatic N) is 3. The van der Waals surface area contributed by atoms with Gasteiger partial charge in [-0.15, -0.1) is 0 Å². The Morgan fingerprint density at radius 2 is 2.08 bits per heavy atom. The zero-order valence-electron chi connectivity index (χ0n) is 15.3. The molecule has 2 aromatic rings. The first-order chi connectivity index (χ1) is 11.9. The van der Waals surface area contributed by atoms with Crippen LogP contribution in [0.1, 0.15) is 35.0 Å². The summed E-state index contributed by atoms with van der Waals surface area (Å²) in [6.45, 7) is 4.72. The summed E-state index contributed by atoms with van der Waals surface area (Å²) >= 11 is 1.21. The number of amides is 1. The second-order valence-corrected chi connectivity index (χ2v) is 8.00. The number of carbonyl (C=O) groups is 1. The number of aromatic nitrogens is 1. The van der Waals surface area contributed by atoms with Gasteiger partial charge in [-0.1, -0.05) is 23.5 Å². The number of hydrogen-bond acceptors (Lipinski definition) is 4. The number of rotatable bonds is 4. The third kappa shape index (κ3) is 3.49. The average Bonchev–Trinajstić information content (AvgIpc) is 3.16. The van der Waals surface area contributed by atoms with E-state index in [1.165, 1.54) is 16.9 Å². The van der Waals surface area contributed by atoms with Crippen LogP contribution >= 0.6 is 11.3 Å². The molecule has 1 aromatic heterocycles. The maximum atomic E-state index is 12.9. The molecule has 134 valence electrons. The normalized spacial score (nSPS) is 17.1. The van der Waals surface area contributed by atoms with Gasteiger partial charge in [0.2, 0.25) is 5.91 Å². The molecular weight excluding hydrogens is 334 g/mol. The Morgan fingerprint density at radius 3 is 2.72 bits per heavy atom. The molecule has 0 spiro atoms. The zero-order valence-corrected chi connectivity index (χ0v) is 16.1. The van der Waals surface area contributed by atoms with E-state index in [-0.39, 0.29) is 23.4 Å². The second-order valence-electron chi connectivity index (χ2n) is 6.83. The van der Waals surface area contributed by atoms with Crippen molar-refractivity contribution in [2.24, 2.45) is 0 Å². The van der Waals surface area contributed by atoms with Crippen molar-refractivity contribution < 1.29 is 4.79 Å². The summed E-state index contributed by atoms with van der Waals surface area (Å²) in [7, 11) is 4.04. The lowest BCUT2D eigenvalue weighted by molar-refractivity contribution is -0.132. The van der Waals surface area contributed by atoms with Gasteiger partial charge in [-0.3, -0.25) is 14.2 Å². The molecule has 1 amide bonds. The van der Waals surface area contributed by atoms with E-state index in [0.29, 0.717) is 0 Å². The van der Waals surface area contributed by atoms with Crippen molar-refractivity contribution in [3.63, 3.8) is 0 Å². The van der Waals surface area contributed by atoms with Crippen LogP contribution in [-0.4, -0.2) is 36.0 Å². The number of carbonyl (C=O) groups excluding carboxylic acids is 1. The van der Waals surface area contributed by atoms with Crippen LogP contribution in [-0.2, 0) is 11.3 Å². The van der Waals surface area contributed by atoms with Gasteiger partial charge < -0.3 is 9.80 Å². The van der Waals surface area contributed by atoms with Crippen molar-refractivity contribution in [3.8, 4) is 0 Å². The molecule has 0 aliphatic carbocycles. The van der Waals surface area contributed by atoms with Gasteiger partial charge >= 0.3 is 4.87 Å². The van der Waals surface area contributed by atoms with Gasteiger partial charge in [0, 0.05) is 36.9 Å². The molecular formula is C19H25N3O2S. The molecule has 0 bridgehead atoms. The largest absolute Gasteiger partial charge is 0.378 e. The molecule has 3 rings (SSSR count). The molecule has 1 atom stereocenters. The fourth-order valence-electron chi connectivity index (χ4n) is 3.42. The topological polar surface area (TPSA) is 45.6 Å². The van der Waals surface area contributed by atoms with E-state index in [2.05, 4.69) is 23.1 Å². The molecule has 0 saturated carbocycles. The molecule has 1 saturated heterocycles. The highest BCUT2D eigenvalue weighted by Gasteiger charge is 2.30. The van der Waals surface area contributed by atoms with Crippen molar-refractivity contribution in [1.82, 2.24) is 9.47 Å². The summed E-state index contributed by atoms with van der Waals surface area (Å²) in [6.07, 6.45) is 1.97. The molecule has 6 heteroatoms. The lowest BCUT2D eigenvalue weighted by Crippen LogP contribution is -2.35. The standard InChI is InChI=1S/C19H25N3O2S/c1-13-14(2)25-19(24)22(13)12-18(23)21-10-6-9-17(21)15-7-5-8-16(11-15)20(3)4/h5,7-8,11,17H,6,9-10,12H2,1-4H3. The highest BCUT2D eigenvalue weighted by Crippen LogP contribution is 2.33. The fraction of sp³-hybridized carbons (Fsp3) is 0.474. The maximum absolute atomic E-state index is 12.9. The molecule has 0 N–H and O–H groups in total. The maximum Gasteiger partial charge on any atom is 0.308 e. The predicted octanol–water partition coefficient (Wildman–Crippen LogP) is 2.96. The number of likely N-dealkylation sites (tertiary alicyclic amines) is 1. The molecule has 25 heavy (non-hydrogen) atoms. The summed E-state index contributed by atoms with van der Waals surface area (Å²) < 4.78 is 1.61. The van der Waals surface area contributed by atoms with Gasteiger partial charge in [0.25, 0.3) is 0 Å². The van der Waals surface area contributed by atoms with Crippen LogP contribution in [0.2, 0.25) is 0 Å². The number of benzene rings is 1. The van der Waals surface area contributed by atoms with E-state index < -0.39 is 0 Å². The van der Waals surface area contributed by atoms with Gasteiger partial charge in [-0.25, -0.2) is 0 Å². The van der Waals surface area contributed by atoms with Gasteiger partial charge in [0.05, 0.1) is 6.04 Å². The minimum atomic E-state index is -0.0475. The van der Waals surface area contributed by atoms with Gasteiger partial charge in [0.15, 0.2) is 0 Å². The van der Waals surface area contributed by atoms with E-state index in [1.807, 2.05) is 38.9 Å². The first-order valence-corrected chi connectivity index (χ1v) is 9.43. The Labute approximate surface area is 152 Å². The molecule has 1 aromatic carbocycles. The van der Waals surface area contributed by atoms with E-state index >= 15 is 0 Å². The van der Waals surface area contributed by atoms with Crippen molar-refractivity contribution in [2.75, 3.05) is 25.5 Å². The first kappa shape index (κ1) is 17.7. The fourth-order valence-corrected chi connectivity index (χ4v) is 4.25. The first-order valence-electron chi connectivity index (χ1n) is 8.62. The number of aryl methyl sites for hydroxylation is 1. The lowest BCUT2D eigenvalue weighted by Gasteiger charge is -2.26. The van der Waals surface area contributed by atoms with Crippen LogP contribution in [0.4, 0.5) is 5.69 Å². The average molecular weight is 359 g/mol. The van der Waals surface area contributed by atoms with E-state index in [9.17, 15) is 9.59 Å².